The first-order valence-electron chi connectivity index (χ1n) is 5.25. The van der Waals surface area contributed by atoms with Crippen LogP contribution in [0.2, 0.25) is 0 Å². The Balaban J connectivity index is 2.42. The highest BCUT2D eigenvalue weighted by Gasteiger charge is 2.35. The third kappa shape index (κ3) is 2.69. The zero-order valence-corrected chi connectivity index (χ0v) is 9.12. The van der Waals surface area contributed by atoms with E-state index in [-0.39, 0.29) is 5.91 Å². The highest BCUT2D eigenvalue weighted by Crippen LogP contribution is 2.19. The minimum atomic E-state index is -0.756. The summed E-state index contributed by atoms with van der Waals surface area (Å²) < 4.78 is 0. The molecule has 14 heavy (non-hydrogen) atoms. The molecule has 0 atom stereocenters. The predicted molar refractivity (Wildman–Crippen MR) is 56.6 cm³/mol. The van der Waals surface area contributed by atoms with Gasteiger partial charge in [-0.2, -0.15) is 0 Å². The number of carbonyl (C=O) groups excluding carboxylic acids is 1. The molecule has 1 rings (SSSR count). The molecule has 1 amide bonds. The van der Waals surface area contributed by atoms with E-state index in [1.165, 1.54) is 0 Å². The van der Waals surface area contributed by atoms with Crippen molar-refractivity contribution in [3.8, 4) is 0 Å². The summed E-state index contributed by atoms with van der Waals surface area (Å²) in [5.41, 5.74) is 10.4. The predicted octanol–water partition coefficient (Wildman–Crippen LogP) is -0.0790. The molecule has 4 nitrogen and oxygen atoms in total. The van der Waals surface area contributed by atoms with Gasteiger partial charge in [-0.05, 0) is 18.8 Å². The summed E-state index contributed by atoms with van der Waals surface area (Å²) in [6.07, 6.45) is 1.38. The summed E-state index contributed by atoms with van der Waals surface area (Å²) in [6, 6.07) is 0. The molecule has 0 aromatic rings. The smallest absolute Gasteiger partial charge is 0.237 e. The average molecular weight is 199 g/mol. The monoisotopic (exact) mass is 199 g/mol. The molecule has 0 aromatic carbocycles. The van der Waals surface area contributed by atoms with Crippen molar-refractivity contribution in [1.82, 2.24) is 4.90 Å². The van der Waals surface area contributed by atoms with Gasteiger partial charge in [0.15, 0.2) is 0 Å². The van der Waals surface area contributed by atoms with E-state index in [1.54, 1.807) is 0 Å². The van der Waals surface area contributed by atoms with Crippen molar-refractivity contribution in [2.45, 2.75) is 32.2 Å². The molecule has 0 aliphatic carbocycles. The minimum Gasteiger partial charge on any atom is -0.368 e. The third-order valence-electron chi connectivity index (χ3n) is 2.86. The van der Waals surface area contributed by atoms with Crippen LogP contribution in [0.3, 0.4) is 0 Å². The first kappa shape index (κ1) is 11.5. The molecular weight excluding hydrogens is 178 g/mol. The van der Waals surface area contributed by atoms with E-state index in [2.05, 4.69) is 18.7 Å². The Morgan fingerprint density at radius 3 is 2.29 bits per heavy atom. The van der Waals surface area contributed by atoms with E-state index in [0.29, 0.717) is 18.8 Å². The van der Waals surface area contributed by atoms with Crippen LogP contribution in [-0.2, 0) is 4.79 Å². The lowest BCUT2D eigenvalue weighted by atomic mass is 9.88. The molecule has 0 radical (unpaired) electrons. The average Bonchev–Trinajstić information content (AvgIpc) is 2.08. The summed E-state index contributed by atoms with van der Waals surface area (Å²) in [5, 5.41) is 0. The number of amides is 1. The van der Waals surface area contributed by atoms with Crippen molar-refractivity contribution in [2.24, 2.45) is 17.4 Å². The number of primary amides is 1. The van der Waals surface area contributed by atoms with Gasteiger partial charge in [0.05, 0.1) is 5.54 Å². The molecule has 0 aromatic heterocycles. The summed E-state index contributed by atoms with van der Waals surface area (Å²) in [7, 11) is 0. The number of rotatable bonds is 3. The van der Waals surface area contributed by atoms with Gasteiger partial charge in [0, 0.05) is 19.6 Å². The van der Waals surface area contributed by atoms with Crippen LogP contribution in [0.15, 0.2) is 0 Å². The fourth-order valence-electron chi connectivity index (χ4n) is 1.90. The van der Waals surface area contributed by atoms with E-state index in [9.17, 15) is 4.79 Å². The highest BCUT2D eigenvalue weighted by atomic mass is 16.1. The Morgan fingerprint density at radius 2 is 1.93 bits per heavy atom. The van der Waals surface area contributed by atoms with Crippen molar-refractivity contribution in [2.75, 3.05) is 19.6 Å². The second-order valence-electron chi connectivity index (χ2n) is 4.71. The van der Waals surface area contributed by atoms with Crippen LogP contribution in [0.5, 0.6) is 0 Å². The van der Waals surface area contributed by atoms with Crippen LogP contribution in [0.25, 0.3) is 0 Å². The second kappa shape index (κ2) is 4.28. The number of nitrogens with two attached hydrogens (primary N) is 2. The molecule has 0 unspecified atom stereocenters. The van der Waals surface area contributed by atoms with Crippen molar-refractivity contribution >= 4 is 5.91 Å². The third-order valence-corrected chi connectivity index (χ3v) is 2.86. The van der Waals surface area contributed by atoms with Crippen LogP contribution in [-0.4, -0.2) is 36.0 Å². The lowest BCUT2D eigenvalue weighted by molar-refractivity contribution is -0.124. The van der Waals surface area contributed by atoms with Gasteiger partial charge in [-0.1, -0.05) is 13.8 Å². The van der Waals surface area contributed by atoms with Gasteiger partial charge in [-0.15, -0.1) is 0 Å². The van der Waals surface area contributed by atoms with Crippen LogP contribution >= 0.6 is 0 Å². The molecule has 1 aliphatic heterocycles. The molecule has 1 saturated heterocycles. The number of hydrogen-bond donors (Lipinski definition) is 2. The zero-order valence-electron chi connectivity index (χ0n) is 9.12. The number of nitrogens with zero attached hydrogens (tertiary/aromatic N) is 1. The molecule has 1 heterocycles. The van der Waals surface area contributed by atoms with Gasteiger partial charge >= 0.3 is 0 Å². The summed E-state index contributed by atoms with van der Waals surface area (Å²) in [6.45, 7) is 7.24. The second-order valence-corrected chi connectivity index (χ2v) is 4.71. The van der Waals surface area contributed by atoms with Gasteiger partial charge in [-0.25, -0.2) is 0 Å². The SMILES string of the molecule is CC(C)CN1CCC(N)(C(N)=O)CC1. The Morgan fingerprint density at radius 1 is 1.43 bits per heavy atom. The topological polar surface area (TPSA) is 72.3 Å². The Kier molecular flexibility index (Phi) is 3.50. The van der Waals surface area contributed by atoms with E-state index in [4.69, 9.17) is 11.5 Å². The van der Waals surface area contributed by atoms with Gasteiger partial charge in [0.1, 0.15) is 0 Å². The minimum absolute atomic E-state index is 0.360. The van der Waals surface area contributed by atoms with Gasteiger partial charge in [0.25, 0.3) is 0 Å². The Hall–Kier alpha value is -0.610. The van der Waals surface area contributed by atoms with Crippen molar-refractivity contribution in [3.05, 3.63) is 0 Å². The van der Waals surface area contributed by atoms with E-state index in [1.807, 2.05) is 0 Å². The molecule has 1 aliphatic rings. The van der Waals surface area contributed by atoms with E-state index < -0.39 is 5.54 Å². The number of carbonyl (C=O) groups is 1. The normalized spacial score (nSPS) is 22.6. The fourth-order valence-corrected chi connectivity index (χ4v) is 1.90. The van der Waals surface area contributed by atoms with E-state index in [0.717, 1.165) is 19.6 Å². The molecule has 0 saturated carbocycles. The van der Waals surface area contributed by atoms with Crippen LogP contribution in [0.1, 0.15) is 26.7 Å². The Labute approximate surface area is 85.6 Å². The molecule has 4 N–H and O–H groups in total. The van der Waals surface area contributed by atoms with Gasteiger partial charge < -0.3 is 16.4 Å². The summed E-state index contributed by atoms with van der Waals surface area (Å²) >= 11 is 0. The van der Waals surface area contributed by atoms with Crippen LogP contribution in [0, 0.1) is 5.92 Å². The van der Waals surface area contributed by atoms with Crippen molar-refractivity contribution in [3.63, 3.8) is 0 Å². The zero-order chi connectivity index (χ0) is 10.8. The lowest BCUT2D eigenvalue weighted by Gasteiger charge is -2.37. The first-order chi connectivity index (χ1) is 6.44. The summed E-state index contributed by atoms with van der Waals surface area (Å²) in [5.74, 6) is 0.301. The fraction of sp³-hybridized carbons (Fsp3) is 0.900. The maximum atomic E-state index is 11.1. The molecule has 4 heteroatoms. The van der Waals surface area contributed by atoms with Crippen LogP contribution < -0.4 is 11.5 Å². The maximum absolute atomic E-state index is 11.1. The molecule has 1 fully saturated rings. The highest BCUT2D eigenvalue weighted by molar-refractivity contribution is 5.84. The number of hydrogen-bond acceptors (Lipinski definition) is 3. The van der Waals surface area contributed by atoms with Gasteiger partial charge in [0.2, 0.25) is 5.91 Å². The quantitative estimate of drug-likeness (QED) is 0.668. The molecule has 0 spiro atoms. The lowest BCUT2D eigenvalue weighted by Crippen LogP contribution is -2.58. The first-order valence-corrected chi connectivity index (χ1v) is 5.25. The number of likely N-dealkylation sites (tertiary alicyclic amines) is 1. The number of piperidine rings is 1. The van der Waals surface area contributed by atoms with Crippen molar-refractivity contribution < 1.29 is 4.79 Å². The van der Waals surface area contributed by atoms with Gasteiger partial charge in [-0.3, -0.25) is 4.79 Å². The largest absolute Gasteiger partial charge is 0.368 e. The molecular formula is C10H21N3O. The Bertz CT molecular complexity index is 207. The standard InChI is InChI=1S/C10H21N3O/c1-8(2)7-13-5-3-10(12,4-6-13)9(11)14/h8H,3-7,12H2,1-2H3,(H2,11,14). The molecule has 0 bridgehead atoms. The van der Waals surface area contributed by atoms with Crippen LogP contribution in [0.4, 0.5) is 0 Å². The van der Waals surface area contributed by atoms with E-state index >= 15 is 0 Å². The molecule has 82 valence electrons. The maximum Gasteiger partial charge on any atom is 0.237 e. The summed E-state index contributed by atoms with van der Waals surface area (Å²) in [4.78, 5) is 13.4. The van der Waals surface area contributed by atoms with Crippen molar-refractivity contribution in [1.29, 1.82) is 0 Å².